The summed E-state index contributed by atoms with van der Waals surface area (Å²) in [6, 6.07) is 20.6. The second-order valence-corrected chi connectivity index (χ2v) is 8.23. The van der Waals surface area contributed by atoms with Gasteiger partial charge in [-0.25, -0.2) is 0 Å². The number of aromatic nitrogens is 2. The van der Waals surface area contributed by atoms with Gasteiger partial charge in [-0.05, 0) is 74.0 Å². The van der Waals surface area contributed by atoms with Crippen LogP contribution in [0.5, 0.6) is 11.5 Å². The van der Waals surface area contributed by atoms with Crippen LogP contribution >= 0.6 is 0 Å². The summed E-state index contributed by atoms with van der Waals surface area (Å²) in [5.74, 6) is -0.143. The fourth-order valence-electron chi connectivity index (χ4n) is 3.94. The number of carbonyl (C=O) groups excluding carboxylic acids is 2. The zero-order chi connectivity index (χ0) is 25.2. The molecule has 0 fully saturated rings. The van der Waals surface area contributed by atoms with Crippen molar-refractivity contribution in [2.45, 2.75) is 13.8 Å². The zero-order valence-corrected chi connectivity index (χ0v) is 19.7. The van der Waals surface area contributed by atoms with E-state index in [1.54, 1.807) is 60.7 Å². The fraction of sp³-hybridized carbons (Fsp3) is 0.107. The van der Waals surface area contributed by atoms with E-state index >= 15 is 0 Å². The lowest BCUT2D eigenvalue weighted by atomic mass is 10.1. The number of hydrogen-bond donors (Lipinski definition) is 3. The quantitative estimate of drug-likeness (QED) is 0.256. The van der Waals surface area contributed by atoms with Gasteiger partial charge in [0.05, 0.1) is 18.0 Å². The third-order valence-electron chi connectivity index (χ3n) is 5.72. The highest BCUT2D eigenvalue weighted by atomic mass is 16.5. The number of aromatic amines is 1. The van der Waals surface area contributed by atoms with Crippen molar-refractivity contribution in [1.29, 1.82) is 0 Å². The van der Waals surface area contributed by atoms with Gasteiger partial charge in [0, 0.05) is 16.5 Å². The van der Waals surface area contributed by atoms with Crippen LogP contribution < -0.4 is 10.1 Å². The van der Waals surface area contributed by atoms with E-state index in [-0.39, 0.29) is 28.7 Å². The number of rotatable bonds is 7. The number of ether oxygens (including phenoxy) is 1. The molecule has 0 unspecified atom stereocenters. The van der Waals surface area contributed by atoms with Crippen LogP contribution in [0, 0.1) is 6.92 Å². The molecule has 5 rings (SSSR count). The first-order chi connectivity index (χ1) is 17.4. The van der Waals surface area contributed by atoms with Crippen molar-refractivity contribution in [3.8, 4) is 22.8 Å². The SMILES string of the molecule is CCOc1ccc(C(=O)c2oc3ccccc3c2NC(=O)c2cc(-c3ccc(C)cc3O)n[nH]2)cc1. The van der Waals surface area contributed by atoms with Crippen LogP contribution in [0.3, 0.4) is 0 Å². The number of nitrogens with one attached hydrogen (secondary N) is 2. The summed E-state index contributed by atoms with van der Waals surface area (Å²) >= 11 is 0. The van der Waals surface area contributed by atoms with Crippen molar-refractivity contribution in [3.63, 3.8) is 0 Å². The first-order valence-corrected chi connectivity index (χ1v) is 11.4. The third kappa shape index (κ3) is 4.32. The molecule has 0 aliphatic rings. The molecule has 8 nitrogen and oxygen atoms in total. The predicted molar refractivity (Wildman–Crippen MR) is 136 cm³/mol. The molecular weight excluding hydrogens is 458 g/mol. The summed E-state index contributed by atoms with van der Waals surface area (Å²) in [4.78, 5) is 26.5. The molecule has 0 radical (unpaired) electrons. The Balaban J connectivity index is 1.47. The van der Waals surface area contributed by atoms with Crippen molar-refractivity contribution in [3.05, 3.63) is 95.4 Å². The molecule has 0 saturated carbocycles. The molecule has 0 atom stereocenters. The second kappa shape index (κ2) is 9.42. The van der Waals surface area contributed by atoms with Gasteiger partial charge in [0.15, 0.2) is 5.76 Å². The largest absolute Gasteiger partial charge is 0.507 e. The number of carbonyl (C=O) groups is 2. The third-order valence-corrected chi connectivity index (χ3v) is 5.72. The Kier molecular flexibility index (Phi) is 6.00. The summed E-state index contributed by atoms with van der Waals surface area (Å²) in [6.45, 7) is 4.27. The molecular formula is C28H23N3O5. The van der Waals surface area contributed by atoms with Gasteiger partial charge in [-0.3, -0.25) is 14.7 Å². The van der Waals surface area contributed by atoms with E-state index in [4.69, 9.17) is 9.15 Å². The van der Waals surface area contributed by atoms with Crippen LogP contribution in [-0.2, 0) is 0 Å². The van der Waals surface area contributed by atoms with E-state index in [0.717, 1.165) is 5.56 Å². The monoisotopic (exact) mass is 481 g/mol. The van der Waals surface area contributed by atoms with Gasteiger partial charge < -0.3 is 19.6 Å². The van der Waals surface area contributed by atoms with Crippen molar-refractivity contribution >= 4 is 28.3 Å². The van der Waals surface area contributed by atoms with Gasteiger partial charge in [0.25, 0.3) is 5.91 Å². The van der Waals surface area contributed by atoms with E-state index in [0.29, 0.717) is 40.1 Å². The molecule has 3 N–H and O–H groups in total. The normalized spacial score (nSPS) is 10.9. The molecule has 0 bridgehead atoms. The summed E-state index contributed by atoms with van der Waals surface area (Å²) in [5.41, 5.74) is 3.11. The predicted octanol–water partition coefficient (Wildman–Crippen LogP) is 5.72. The van der Waals surface area contributed by atoms with Crippen LogP contribution in [0.25, 0.3) is 22.2 Å². The van der Waals surface area contributed by atoms with Gasteiger partial charge in [-0.15, -0.1) is 0 Å². The van der Waals surface area contributed by atoms with Crippen molar-refractivity contribution in [1.82, 2.24) is 10.2 Å². The molecule has 0 saturated heterocycles. The first kappa shape index (κ1) is 22.9. The summed E-state index contributed by atoms with van der Waals surface area (Å²) in [7, 11) is 0. The van der Waals surface area contributed by atoms with Crippen molar-refractivity contribution < 1.29 is 23.8 Å². The number of phenolic OH excluding ortho intramolecular Hbond substituents is 1. The Bertz CT molecular complexity index is 1580. The Morgan fingerprint density at radius 2 is 1.83 bits per heavy atom. The fourth-order valence-corrected chi connectivity index (χ4v) is 3.94. The second-order valence-electron chi connectivity index (χ2n) is 8.23. The Morgan fingerprint density at radius 3 is 2.58 bits per heavy atom. The minimum atomic E-state index is -0.507. The van der Waals surface area contributed by atoms with Crippen LogP contribution in [0.1, 0.15) is 39.1 Å². The number of hydrogen-bond acceptors (Lipinski definition) is 6. The number of ketones is 1. The summed E-state index contributed by atoms with van der Waals surface area (Å²) in [5, 5.41) is 20.5. The maximum Gasteiger partial charge on any atom is 0.273 e. The molecule has 36 heavy (non-hydrogen) atoms. The highest BCUT2D eigenvalue weighted by molar-refractivity contribution is 6.18. The molecule has 2 heterocycles. The number of anilines is 1. The Morgan fingerprint density at radius 1 is 1.06 bits per heavy atom. The molecule has 0 spiro atoms. The van der Waals surface area contributed by atoms with Gasteiger partial charge in [-0.2, -0.15) is 5.10 Å². The smallest absolute Gasteiger partial charge is 0.273 e. The number of aryl methyl sites for hydroxylation is 1. The molecule has 8 heteroatoms. The number of amides is 1. The number of furan rings is 1. The summed E-state index contributed by atoms with van der Waals surface area (Å²) in [6.07, 6.45) is 0. The van der Waals surface area contributed by atoms with Crippen molar-refractivity contribution in [2.24, 2.45) is 0 Å². The molecule has 3 aromatic carbocycles. The first-order valence-electron chi connectivity index (χ1n) is 11.4. The highest BCUT2D eigenvalue weighted by Gasteiger charge is 2.24. The van der Waals surface area contributed by atoms with E-state index in [1.165, 1.54) is 6.07 Å². The zero-order valence-electron chi connectivity index (χ0n) is 19.7. The van der Waals surface area contributed by atoms with Gasteiger partial charge >= 0.3 is 0 Å². The maximum absolute atomic E-state index is 13.3. The van der Waals surface area contributed by atoms with Gasteiger partial charge in [-0.1, -0.05) is 18.2 Å². The van der Waals surface area contributed by atoms with Crippen LogP contribution in [0.15, 0.2) is 77.2 Å². The van der Waals surface area contributed by atoms with E-state index in [1.807, 2.05) is 19.9 Å². The number of aromatic hydroxyl groups is 1. The highest BCUT2D eigenvalue weighted by Crippen LogP contribution is 2.34. The van der Waals surface area contributed by atoms with Crippen molar-refractivity contribution in [2.75, 3.05) is 11.9 Å². The minimum Gasteiger partial charge on any atom is -0.507 e. The number of H-pyrrole nitrogens is 1. The maximum atomic E-state index is 13.3. The summed E-state index contributed by atoms with van der Waals surface area (Å²) < 4.78 is 11.3. The topological polar surface area (TPSA) is 117 Å². The Labute approximate surface area is 206 Å². The lowest BCUT2D eigenvalue weighted by Gasteiger charge is -2.06. The lowest BCUT2D eigenvalue weighted by Crippen LogP contribution is -2.14. The minimum absolute atomic E-state index is 0.0182. The average molecular weight is 482 g/mol. The number of phenols is 1. The van der Waals surface area contributed by atoms with E-state index in [9.17, 15) is 14.7 Å². The lowest BCUT2D eigenvalue weighted by molar-refractivity contribution is 0.101. The standard InChI is InChI=1S/C28H23N3O5/c1-3-35-18-11-9-17(10-12-18)26(33)27-25(20-6-4-5-7-24(20)36-27)29-28(34)22-15-21(30-31-22)19-13-8-16(2)14-23(19)32/h4-15,32H,3H2,1-2H3,(H,29,34)(H,30,31). The van der Waals surface area contributed by atoms with Crippen LogP contribution in [0.4, 0.5) is 5.69 Å². The molecule has 2 aromatic heterocycles. The van der Waals surface area contributed by atoms with Crippen LogP contribution in [0.2, 0.25) is 0 Å². The molecule has 0 aliphatic carbocycles. The van der Waals surface area contributed by atoms with E-state index in [2.05, 4.69) is 15.5 Å². The van der Waals surface area contributed by atoms with Crippen LogP contribution in [-0.4, -0.2) is 33.6 Å². The van der Waals surface area contributed by atoms with Gasteiger partial charge in [0.2, 0.25) is 5.78 Å². The molecule has 0 aliphatic heterocycles. The Hall–Kier alpha value is -4.85. The van der Waals surface area contributed by atoms with Gasteiger partial charge in [0.1, 0.15) is 22.8 Å². The van der Waals surface area contributed by atoms with E-state index < -0.39 is 5.91 Å². The average Bonchev–Trinajstić information content (AvgIpc) is 3.50. The number of para-hydroxylation sites is 1. The molecule has 180 valence electrons. The number of nitrogens with zero attached hydrogens (tertiary/aromatic N) is 1. The number of fused-ring (bicyclic) bond motifs is 1. The molecule has 5 aromatic rings. The number of benzene rings is 3. The molecule has 1 amide bonds.